The maximum Gasteiger partial charge on any atom is 0.266 e. The van der Waals surface area contributed by atoms with Crippen LogP contribution in [-0.4, -0.2) is 11.3 Å². The molecule has 64 valence electrons. The lowest BCUT2D eigenvalue weighted by molar-refractivity contribution is 0.112. The zero-order valence-corrected chi connectivity index (χ0v) is 7.38. The highest BCUT2D eigenvalue weighted by molar-refractivity contribution is 9.10. The number of carbonyl (C=O) groups excluding carboxylic acids is 1. The lowest BCUT2D eigenvalue weighted by Crippen LogP contribution is -1.93. The Morgan fingerprint density at radius 3 is 2.67 bits per heavy atom. The van der Waals surface area contributed by atoms with E-state index < -0.39 is 6.43 Å². The number of rotatable bonds is 2. The van der Waals surface area contributed by atoms with E-state index in [0.29, 0.717) is 6.29 Å². The van der Waals surface area contributed by atoms with Gasteiger partial charge in [-0.3, -0.25) is 9.78 Å². The van der Waals surface area contributed by atoms with Crippen LogP contribution in [0.3, 0.4) is 0 Å². The molecule has 0 fully saturated rings. The largest absolute Gasteiger partial charge is 0.298 e. The van der Waals surface area contributed by atoms with Crippen LogP contribution >= 0.6 is 15.9 Å². The van der Waals surface area contributed by atoms with Crippen LogP contribution < -0.4 is 0 Å². The molecule has 0 aromatic carbocycles. The number of hydrogen-bond acceptors (Lipinski definition) is 2. The summed E-state index contributed by atoms with van der Waals surface area (Å²) in [6, 6.07) is 0. The van der Waals surface area contributed by atoms with Gasteiger partial charge in [-0.1, -0.05) is 0 Å². The first-order valence-corrected chi connectivity index (χ1v) is 3.83. The molecule has 1 aromatic rings. The van der Waals surface area contributed by atoms with Gasteiger partial charge in [0.15, 0.2) is 6.29 Å². The minimum absolute atomic E-state index is 0.113. The number of carbonyl (C=O) groups is 1. The predicted octanol–water partition coefficient (Wildman–Crippen LogP) is 2.59. The fraction of sp³-hybridized carbons (Fsp3) is 0.143. The molecule has 0 unspecified atom stereocenters. The predicted molar refractivity (Wildman–Crippen MR) is 42.3 cm³/mol. The minimum atomic E-state index is -2.62. The van der Waals surface area contributed by atoms with Crippen LogP contribution in [0.1, 0.15) is 22.3 Å². The molecule has 0 aliphatic rings. The van der Waals surface area contributed by atoms with Crippen molar-refractivity contribution in [2.75, 3.05) is 0 Å². The molecule has 0 aliphatic carbocycles. The average Bonchev–Trinajstić information content (AvgIpc) is 2.04. The second-order valence-electron chi connectivity index (χ2n) is 2.05. The standard InChI is InChI=1S/C7H4BrF2NO/c8-6-4(3-12)1-11-2-5(6)7(9)10/h1-3,7H. The van der Waals surface area contributed by atoms with Crippen molar-refractivity contribution in [3.8, 4) is 0 Å². The Morgan fingerprint density at radius 1 is 1.50 bits per heavy atom. The number of aldehydes is 1. The number of hydrogen-bond donors (Lipinski definition) is 0. The molecule has 0 saturated heterocycles. The van der Waals surface area contributed by atoms with Gasteiger partial charge in [-0.05, 0) is 15.9 Å². The van der Waals surface area contributed by atoms with Crippen LogP contribution in [0.4, 0.5) is 8.78 Å². The van der Waals surface area contributed by atoms with Crippen LogP contribution in [-0.2, 0) is 0 Å². The number of aromatic nitrogens is 1. The maximum atomic E-state index is 12.2. The molecule has 1 rings (SSSR count). The van der Waals surface area contributed by atoms with Crippen molar-refractivity contribution in [3.63, 3.8) is 0 Å². The Bertz CT molecular complexity index is 303. The monoisotopic (exact) mass is 235 g/mol. The SMILES string of the molecule is O=Cc1cncc(C(F)F)c1Br. The van der Waals surface area contributed by atoms with Crippen LogP contribution in [0.2, 0.25) is 0 Å². The van der Waals surface area contributed by atoms with Gasteiger partial charge in [0.2, 0.25) is 0 Å². The van der Waals surface area contributed by atoms with E-state index in [2.05, 4.69) is 20.9 Å². The number of pyridine rings is 1. The third-order valence-corrected chi connectivity index (χ3v) is 2.21. The minimum Gasteiger partial charge on any atom is -0.298 e. The highest BCUT2D eigenvalue weighted by atomic mass is 79.9. The topological polar surface area (TPSA) is 30.0 Å². The summed E-state index contributed by atoms with van der Waals surface area (Å²) in [5.41, 5.74) is -0.132. The summed E-state index contributed by atoms with van der Waals surface area (Å²) < 4.78 is 24.4. The summed E-state index contributed by atoms with van der Waals surface area (Å²) in [6.07, 6.45) is 0.111. The molecule has 5 heteroatoms. The second kappa shape index (κ2) is 3.71. The van der Waals surface area contributed by atoms with E-state index in [0.717, 1.165) is 6.20 Å². The molecule has 0 spiro atoms. The van der Waals surface area contributed by atoms with Gasteiger partial charge in [-0.15, -0.1) is 0 Å². The molecule has 1 heterocycles. The van der Waals surface area contributed by atoms with E-state index in [1.165, 1.54) is 6.20 Å². The van der Waals surface area contributed by atoms with E-state index in [1.807, 2.05) is 0 Å². The van der Waals surface area contributed by atoms with Crippen molar-refractivity contribution in [2.24, 2.45) is 0 Å². The molecule has 0 amide bonds. The Labute approximate surface area is 75.7 Å². The van der Waals surface area contributed by atoms with E-state index in [1.54, 1.807) is 0 Å². The summed E-state index contributed by atoms with van der Waals surface area (Å²) >= 11 is 2.89. The van der Waals surface area contributed by atoms with Gasteiger partial charge >= 0.3 is 0 Å². The van der Waals surface area contributed by atoms with Crippen LogP contribution in [0.5, 0.6) is 0 Å². The van der Waals surface area contributed by atoms with Crippen molar-refractivity contribution in [3.05, 3.63) is 28.0 Å². The van der Waals surface area contributed by atoms with Crippen LogP contribution in [0, 0.1) is 0 Å². The zero-order chi connectivity index (χ0) is 9.14. The summed E-state index contributed by atoms with van der Waals surface area (Å²) in [4.78, 5) is 13.8. The van der Waals surface area contributed by atoms with Crippen molar-refractivity contribution >= 4 is 22.2 Å². The number of alkyl halides is 2. The third-order valence-electron chi connectivity index (χ3n) is 1.30. The van der Waals surface area contributed by atoms with Gasteiger partial charge < -0.3 is 0 Å². The molecule has 0 atom stereocenters. The molecule has 0 N–H and O–H groups in total. The Balaban J connectivity index is 3.22. The lowest BCUT2D eigenvalue weighted by atomic mass is 10.2. The number of halogens is 3. The molecule has 2 nitrogen and oxygen atoms in total. The molecule has 0 bridgehead atoms. The first-order valence-electron chi connectivity index (χ1n) is 3.03. The van der Waals surface area contributed by atoms with Gasteiger partial charge in [0.05, 0.1) is 5.56 Å². The molecular weight excluding hydrogens is 232 g/mol. The van der Waals surface area contributed by atoms with Crippen molar-refractivity contribution in [1.82, 2.24) is 4.98 Å². The van der Waals surface area contributed by atoms with Crippen LogP contribution in [0.15, 0.2) is 16.9 Å². The Kier molecular flexibility index (Phi) is 2.86. The molecule has 12 heavy (non-hydrogen) atoms. The first kappa shape index (κ1) is 9.25. The lowest BCUT2D eigenvalue weighted by Gasteiger charge is -2.02. The molecular formula is C7H4BrF2NO. The van der Waals surface area contributed by atoms with Crippen LogP contribution in [0.25, 0.3) is 0 Å². The molecule has 0 saturated carbocycles. The Morgan fingerprint density at radius 2 is 2.17 bits per heavy atom. The number of nitrogens with zero attached hydrogens (tertiary/aromatic N) is 1. The fourth-order valence-electron chi connectivity index (χ4n) is 0.712. The van der Waals surface area contributed by atoms with Gasteiger partial charge in [0, 0.05) is 22.4 Å². The smallest absolute Gasteiger partial charge is 0.266 e. The molecule has 0 radical (unpaired) electrons. The van der Waals surface area contributed by atoms with Gasteiger partial charge in [0.25, 0.3) is 6.43 Å². The molecule has 1 aromatic heterocycles. The van der Waals surface area contributed by atoms with Crippen molar-refractivity contribution in [1.29, 1.82) is 0 Å². The summed E-state index contributed by atoms with van der Waals surface area (Å²) in [7, 11) is 0. The van der Waals surface area contributed by atoms with E-state index in [-0.39, 0.29) is 15.6 Å². The highest BCUT2D eigenvalue weighted by Crippen LogP contribution is 2.28. The zero-order valence-electron chi connectivity index (χ0n) is 5.80. The van der Waals surface area contributed by atoms with E-state index in [4.69, 9.17) is 0 Å². The highest BCUT2D eigenvalue weighted by Gasteiger charge is 2.14. The summed E-state index contributed by atoms with van der Waals surface area (Å²) in [5, 5.41) is 0. The van der Waals surface area contributed by atoms with Gasteiger partial charge in [-0.25, -0.2) is 8.78 Å². The maximum absolute atomic E-state index is 12.2. The van der Waals surface area contributed by atoms with E-state index >= 15 is 0 Å². The third kappa shape index (κ3) is 1.66. The quantitative estimate of drug-likeness (QED) is 0.738. The summed E-state index contributed by atoms with van der Waals surface area (Å²) in [5.74, 6) is 0. The average molecular weight is 236 g/mol. The van der Waals surface area contributed by atoms with Gasteiger partial charge in [-0.2, -0.15) is 0 Å². The second-order valence-corrected chi connectivity index (χ2v) is 2.84. The fourth-order valence-corrected chi connectivity index (χ4v) is 1.18. The summed E-state index contributed by atoms with van der Waals surface area (Å²) in [6.45, 7) is 0. The molecule has 0 aliphatic heterocycles. The van der Waals surface area contributed by atoms with Crippen molar-refractivity contribution in [2.45, 2.75) is 6.43 Å². The van der Waals surface area contributed by atoms with Gasteiger partial charge in [0.1, 0.15) is 0 Å². The van der Waals surface area contributed by atoms with Crippen molar-refractivity contribution < 1.29 is 13.6 Å². The normalized spacial score (nSPS) is 10.3. The Hall–Kier alpha value is -0.840. The van der Waals surface area contributed by atoms with E-state index in [9.17, 15) is 13.6 Å². The first-order chi connectivity index (χ1) is 5.66.